The molecule has 3 N–H and O–H groups in total. The lowest BCUT2D eigenvalue weighted by Crippen LogP contribution is -2.49. The number of carboxylic acid groups (broad SMARTS) is 1. The Bertz CT molecular complexity index is 1310. The van der Waals surface area contributed by atoms with Crippen molar-refractivity contribution in [2.24, 2.45) is 27.7 Å². The number of fused-ring (bicyclic) bond motifs is 1. The van der Waals surface area contributed by atoms with Gasteiger partial charge in [0.25, 0.3) is 0 Å². The largest absolute Gasteiger partial charge is 0.493 e. The number of ether oxygens (including phenoxy) is 2. The monoisotopic (exact) mass is 545 g/mol. The molecule has 1 aromatic carbocycles. The van der Waals surface area contributed by atoms with Crippen LogP contribution in [0.5, 0.6) is 11.5 Å². The number of Topliss-reactive ketones (excluding diaryl/α,β-unsaturated/α-hetero) is 1. The molecule has 208 valence electrons. The Labute approximate surface area is 223 Å². The summed E-state index contributed by atoms with van der Waals surface area (Å²) >= 11 is 0. The second-order valence-electron chi connectivity index (χ2n) is 9.73. The van der Waals surface area contributed by atoms with Crippen molar-refractivity contribution < 1.29 is 37.8 Å². The summed E-state index contributed by atoms with van der Waals surface area (Å²) < 4.78 is 40.3. The highest BCUT2D eigenvalue weighted by Crippen LogP contribution is 2.39. The number of aliphatic imine (C=N–C) groups is 1. The predicted octanol–water partition coefficient (Wildman–Crippen LogP) is 1.83. The van der Waals surface area contributed by atoms with E-state index in [1.165, 1.54) is 32.6 Å². The highest BCUT2D eigenvalue weighted by Gasteiger charge is 2.47. The second kappa shape index (κ2) is 10.6. The molecule has 3 heterocycles. The topological polar surface area (TPSA) is 139 Å². The van der Waals surface area contributed by atoms with Crippen LogP contribution in [0.15, 0.2) is 46.0 Å². The van der Waals surface area contributed by atoms with Gasteiger partial charge >= 0.3 is 5.97 Å². The first-order chi connectivity index (χ1) is 18.8. The number of hydrogen-bond donors (Lipinski definition) is 2. The van der Waals surface area contributed by atoms with E-state index in [4.69, 9.17) is 20.0 Å². The first kappa shape index (κ1) is 26.6. The van der Waals surface area contributed by atoms with Gasteiger partial charge in [-0.3, -0.25) is 4.79 Å². The first-order valence-electron chi connectivity index (χ1n) is 12.5. The van der Waals surface area contributed by atoms with E-state index in [1.807, 2.05) is 0 Å². The van der Waals surface area contributed by atoms with Crippen LogP contribution in [0.25, 0.3) is 0 Å². The van der Waals surface area contributed by atoms with Crippen LogP contribution in [-0.2, 0) is 21.0 Å². The van der Waals surface area contributed by atoms with E-state index in [0.29, 0.717) is 18.0 Å². The molecule has 0 spiro atoms. The van der Waals surface area contributed by atoms with Crippen LogP contribution < -0.4 is 15.2 Å². The SMILES string of the molecule is COc1ccc(F)c(CO/N=C2/CN(C3=NC4C(C=C3F)C(=O)C(C(=O)O)=CN4C3CC3)CC2CN)c1OC. The zero-order valence-corrected chi connectivity index (χ0v) is 21.5. The zero-order chi connectivity index (χ0) is 27.8. The number of benzene rings is 1. The number of hydrogen-bond acceptors (Lipinski definition) is 10. The average Bonchev–Trinajstić information content (AvgIpc) is 3.68. The standard InChI is InChI=1S/C26H29F2N5O6/c1-37-21-6-5-18(27)17(23(21)38-2)12-39-31-20-11-32(9-13(20)8-29)25-19(28)7-15-22(34)16(26(35)36)10-33(14-3-4-14)24(15)30-25/h5-7,10,13-15,24H,3-4,8-9,11-12,29H2,1-2H3,(H,35,36)/b31-20-. The third-order valence-electron chi connectivity index (χ3n) is 7.30. The molecule has 11 nitrogen and oxygen atoms in total. The maximum atomic E-state index is 15.3. The molecule has 0 radical (unpaired) electrons. The number of nitrogens with two attached hydrogens (primary N) is 1. The second-order valence-corrected chi connectivity index (χ2v) is 9.73. The van der Waals surface area contributed by atoms with Crippen LogP contribution in [0.2, 0.25) is 0 Å². The Hall–Kier alpha value is -4.00. The Kier molecular flexibility index (Phi) is 7.25. The molecule has 3 atom stereocenters. The smallest absolute Gasteiger partial charge is 0.340 e. The molecule has 39 heavy (non-hydrogen) atoms. The van der Waals surface area contributed by atoms with Gasteiger partial charge in [-0.1, -0.05) is 5.16 Å². The average molecular weight is 546 g/mol. The summed E-state index contributed by atoms with van der Waals surface area (Å²) in [6.07, 6.45) is 3.43. The summed E-state index contributed by atoms with van der Waals surface area (Å²) in [7, 11) is 2.84. The minimum atomic E-state index is -1.34. The van der Waals surface area contributed by atoms with Gasteiger partial charge in [-0.15, -0.1) is 0 Å². The Morgan fingerprint density at radius 3 is 2.67 bits per heavy atom. The molecule has 13 heteroatoms. The number of dihydropyridines is 1. The van der Waals surface area contributed by atoms with Gasteiger partial charge in [-0.2, -0.15) is 0 Å². The van der Waals surface area contributed by atoms with Crippen molar-refractivity contribution >= 4 is 23.3 Å². The summed E-state index contributed by atoms with van der Waals surface area (Å²) in [6, 6.07) is 2.74. The number of carbonyl (C=O) groups is 2. The molecule has 0 bridgehead atoms. The van der Waals surface area contributed by atoms with Crippen molar-refractivity contribution in [2.75, 3.05) is 33.9 Å². The molecule has 1 aliphatic carbocycles. The third-order valence-corrected chi connectivity index (χ3v) is 7.30. The predicted molar refractivity (Wildman–Crippen MR) is 135 cm³/mol. The molecule has 3 unspecified atom stereocenters. The van der Waals surface area contributed by atoms with E-state index in [0.717, 1.165) is 18.9 Å². The molecule has 0 amide bonds. The minimum Gasteiger partial charge on any atom is -0.493 e. The molecular formula is C26H29F2N5O6. The van der Waals surface area contributed by atoms with Crippen LogP contribution >= 0.6 is 0 Å². The molecule has 5 rings (SSSR count). The van der Waals surface area contributed by atoms with Crippen LogP contribution in [0, 0.1) is 17.7 Å². The summed E-state index contributed by atoms with van der Waals surface area (Å²) in [4.78, 5) is 37.9. The van der Waals surface area contributed by atoms with Crippen LogP contribution in [0.3, 0.4) is 0 Å². The lowest BCUT2D eigenvalue weighted by Gasteiger charge is -2.39. The van der Waals surface area contributed by atoms with Gasteiger partial charge < -0.3 is 35.0 Å². The fourth-order valence-electron chi connectivity index (χ4n) is 5.12. The maximum absolute atomic E-state index is 15.3. The molecule has 4 aliphatic rings. The molecule has 3 aliphatic heterocycles. The first-order valence-corrected chi connectivity index (χ1v) is 12.5. The normalized spacial score (nSPS) is 25.7. The minimum absolute atomic E-state index is 0.0473. The summed E-state index contributed by atoms with van der Waals surface area (Å²) in [5.74, 6) is -3.98. The van der Waals surface area contributed by atoms with Crippen molar-refractivity contribution in [3.63, 3.8) is 0 Å². The van der Waals surface area contributed by atoms with Gasteiger partial charge in [0.15, 0.2) is 28.9 Å². The van der Waals surface area contributed by atoms with Gasteiger partial charge in [0.05, 0.1) is 38.0 Å². The quantitative estimate of drug-likeness (QED) is 0.370. The van der Waals surface area contributed by atoms with E-state index in [1.54, 1.807) is 9.80 Å². The molecular weight excluding hydrogens is 516 g/mol. The lowest BCUT2D eigenvalue weighted by molar-refractivity contribution is -0.136. The fraction of sp³-hybridized carbons (Fsp3) is 0.462. The number of carboxylic acids is 1. The number of oxime groups is 1. The Balaban J connectivity index is 1.36. The molecule has 1 saturated carbocycles. The fourth-order valence-corrected chi connectivity index (χ4v) is 5.12. The lowest BCUT2D eigenvalue weighted by atomic mass is 9.88. The number of nitrogens with zero attached hydrogens (tertiary/aromatic N) is 4. The maximum Gasteiger partial charge on any atom is 0.340 e. The Morgan fingerprint density at radius 1 is 1.26 bits per heavy atom. The number of methoxy groups -OCH3 is 2. The number of aliphatic carboxylic acids is 1. The number of carbonyl (C=O) groups excluding carboxylic acids is 1. The number of likely N-dealkylation sites (tertiary alicyclic amines) is 1. The zero-order valence-electron chi connectivity index (χ0n) is 21.5. The van der Waals surface area contributed by atoms with Crippen molar-refractivity contribution in [1.29, 1.82) is 0 Å². The van der Waals surface area contributed by atoms with Gasteiger partial charge in [-0.25, -0.2) is 18.6 Å². The van der Waals surface area contributed by atoms with Crippen LogP contribution in [0.1, 0.15) is 18.4 Å². The van der Waals surface area contributed by atoms with Crippen molar-refractivity contribution in [1.82, 2.24) is 9.80 Å². The number of halogens is 2. The van der Waals surface area contributed by atoms with Crippen LogP contribution in [0.4, 0.5) is 8.78 Å². The van der Waals surface area contributed by atoms with E-state index in [-0.39, 0.29) is 54.4 Å². The van der Waals surface area contributed by atoms with E-state index < -0.39 is 35.5 Å². The Morgan fingerprint density at radius 2 is 2.03 bits per heavy atom. The molecule has 1 saturated heterocycles. The third kappa shape index (κ3) is 4.93. The summed E-state index contributed by atoms with van der Waals surface area (Å²) in [5.41, 5.74) is 6.25. The van der Waals surface area contributed by atoms with Gasteiger partial charge in [-0.05, 0) is 31.1 Å². The van der Waals surface area contributed by atoms with E-state index in [9.17, 15) is 19.1 Å². The highest BCUT2D eigenvalue weighted by molar-refractivity contribution is 6.19. The van der Waals surface area contributed by atoms with Crippen LogP contribution in [-0.4, -0.2) is 84.3 Å². The number of amidine groups is 1. The van der Waals surface area contributed by atoms with Gasteiger partial charge in [0.2, 0.25) is 0 Å². The van der Waals surface area contributed by atoms with Crippen molar-refractivity contribution in [3.8, 4) is 11.5 Å². The number of rotatable bonds is 8. The van der Waals surface area contributed by atoms with Crippen molar-refractivity contribution in [2.45, 2.75) is 31.7 Å². The highest BCUT2D eigenvalue weighted by atomic mass is 19.1. The van der Waals surface area contributed by atoms with Crippen molar-refractivity contribution in [3.05, 3.63) is 47.2 Å². The molecule has 0 aromatic heterocycles. The van der Waals surface area contributed by atoms with Gasteiger partial charge in [0.1, 0.15) is 24.2 Å². The van der Waals surface area contributed by atoms with E-state index in [2.05, 4.69) is 10.1 Å². The molecule has 1 aromatic rings. The summed E-state index contributed by atoms with van der Waals surface area (Å²) in [5, 5.41) is 13.6. The van der Waals surface area contributed by atoms with Gasteiger partial charge in [0, 0.05) is 31.2 Å². The summed E-state index contributed by atoms with van der Waals surface area (Å²) in [6.45, 7) is 0.436. The van der Waals surface area contributed by atoms with E-state index >= 15 is 4.39 Å². The molecule has 2 fully saturated rings. The number of ketones is 1.